The monoisotopic (exact) mass is 277 g/mol. The minimum absolute atomic E-state index is 0.130. The van der Waals surface area contributed by atoms with E-state index in [2.05, 4.69) is 15.2 Å². The predicted molar refractivity (Wildman–Crippen MR) is 78.5 cm³/mol. The zero-order chi connectivity index (χ0) is 14.5. The largest absolute Gasteiger partial charge is 0.387 e. The molecule has 1 atom stereocenters. The van der Waals surface area contributed by atoms with Crippen LogP contribution in [0, 0.1) is 5.92 Å². The molecule has 1 aliphatic rings. The molecule has 0 saturated carbocycles. The van der Waals surface area contributed by atoms with E-state index >= 15 is 0 Å². The first-order valence-electron chi connectivity index (χ1n) is 7.26. The molecule has 1 aromatic rings. The van der Waals surface area contributed by atoms with Crippen molar-refractivity contribution in [3.05, 3.63) is 24.0 Å². The second-order valence-electron chi connectivity index (χ2n) is 5.24. The van der Waals surface area contributed by atoms with Crippen LogP contribution in [0.4, 0.5) is 5.69 Å². The molecule has 0 spiro atoms. The lowest BCUT2D eigenvalue weighted by Gasteiger charge is -2.32. The summed E-state index contributed by atoms with van der Waals surface area (Å²) in [5.41, 5.74) is 1.78. The Bertz CT molecular complexity index is 439. The van der Waals surface area contributed by atoms with Gasteiger partial charge in [-0.15, -0.1) is 0 Å². The Morgan fingerprint density at radius 3 is 2.70 bits per heavy atom. The van der Waals surface area contributed by atoms with Crippen LogP contribution in [0.15, 0.2) is 18.3 Å². The minimum Gasteiger partial charge on any atom is -0.387 e. The Morgan fingerprint density at radius 1 is 1.50 bits per heavy atom. The highest BCUT2D eigenvalue weighted by molar-refractivity contribution is 5.78. The van der Waals surface area contributed by atoms with Crippen molar-refractivity contribution in [1.82, 2.24) is 10.3 Å². The lowest BCUT2D eigenvalue weighted by molar-refractivity contribution is -0.125. The summed E-state index contributed by atoms with van der Waals surface area (Å²) in [6.07, 6.45) is 3.75. The van der Waals surface area contributed by atoms with Crippen LogP contribution in [0.3, 0.4) is 0 Å². The number of aliphatic hydroxyl groups excluding tert-OH is 1. The fraction of sp³-hybridized carbons (Fsp3) is 0.600. The summed E-state index contributed by atoms with van der Waals surface area (Å²) in [4.78, 5) is 18.2. The molecule has 110 valence electrons. The maximum Gasteiger partial charge on any atom is 0.222 e. The number of aromatic nitrogens is 1. The number of amides is 1. The molecule has 0 bridgehead atoms. The standard InChI is InChI=1S/C15H23N3O2/c1-3-14(19)13-5-4-12(10-17-13)18-8-6-11(7-9-18)15(20)16-2/h4-5,10-11,14,19H,3,6-9H2,1-2H3,(H,16,20)/t14-/m0/s1. The molecule has 2 heterocycles. The Balaban J connectivity index is 1.95. The number of piperidine rings is 1. The number of nitrogens with zero attached hydrogens (tertiary/aromatic N) is 2. The van der Waals surface area contributed by atoms with Gasteiger partial charge in [-0.1, -0.05) is 6.92 Å². The molecule has 2 N–H and O–H groups in total. The normalized spacial score (nSPS) is 17.9. The van der Waals surface area contributed by atoms with Gasteiger partial charge in [0.1, 0.15) is 0 Å². The summed E-state index contributed by atoms with van der Waals surface area (Å²) >= 11 is 0. The molecule has 1 aromatic heterocycles. The highest BCUT2D eigenvalue weighted by Gasteiger charge is 2.24. The number of carbonyl (C=O) groups excluding carboxylic acids is 1. The Morgan fingerprint density at radius 2 is 2.20 bits per heavy atom. The molecule has 5 heteroatoms. The van der Waals surface area contributed by atoms with Gasteiger partial charge >= 0.3 is 0 Å². The van der Waals surface area contributed by atoms with E-state index in [-0.39, 0.29) is 11.8 Å². The average Bonchev–Trinajstić information content (AvgIpc) is 2.53. The van der Waals surface area contributed by atoms with E-state index in [4.69, 9.17) is 0 Å². The zero-order valence-corrected chi connectivity index (χ0v) is 12.2. The van der Waals surface area contributed by atoms with E-state index in [1.165, 1.54) is 0 Å². The van der Waals surface area contributed by atoms with Crippen molar-refractivity contribution in [2.24, 2.45) is 5.92 Å². The number of hydrogen-bond donors (Lipinski definition) is 2. The van der Waals surface area contributed by atoms with E-state index in [1.807, 2.05) is 25.3 Å². The summed E-state index contributed by atoms with van der Waals surface area (Å²) in [6, 6.07) is 3.88. The first-order valence-corrected chi connectivity index (χ1v) is 7.26. The third-order valence-corrected chi connectivity index (χ3v) is 3.98. The number of carbonyl (C=O) groups is 1. The van der Waals surface area contributed by atoms with E-state index in [1.54, 1.807) is 7.05 Å². The van der Waals surface area contributed by atoms with Gasteiger partial charge in [0.25, 0.3) is 0 Å². The zero-order valence-electron chi connectivity index (χ0n) is 12.2. The molecule has 0 radical (unpaired) electrons. The molecule has 20 heavy (non-hydrogen) atoms. The van der Waals surface area contributed by atoms with Crippen LogP contribution in [-0.4, -0.2) is 36.1 Å². The summed E-state index contributed by atoms with van der Waals surface area (Å²) in [6.45, 7) is 3.68. The quantitative estimate of drug-likeness (QED) is 0.875. The third-order valence-electron chi connectivity index (χ3n) is 3.98. The van der Waals surface area contributed by atoms with Gasteiger partial charge in [-0.25, -0.2) is 0 Å². The van der Waals surface area contributed by atoms with Crippen molar-refractivity contribution in [2.75, 3.05) is 25.0 Å². The summed E-state index contributed by atoms with van der Waals surface area (Å²) in [5.74, 6) is 0.273. The summed E-state index contributed by atoms with van der Waals surface area (Å²) in [7, 11) is 1.69. The highest BCUT2D eigenvalue weighted by Crippen LogP contribution is 2.24. The van der Waals surface area contributed by atoms with Crippen LogP contribution in [0.2, 0.25) is 0 Å². The second kappa shape index (κ2) is 6.70. The molecule has 0 aromatic carbocycles. The number of nitrogens with one attached hydrogen (secondary N) is 1. The van der Waals surface area contributed by atoms with Gasteiger partial charge in [0, 0.05) is 26.1 Å². The van der Waals surface area contributed by atoms with Crippen LogP contribution in [0.1, 0.15) is 38.0 Å². The van der Waals surface area contributed by atoms with Crippen molar-refractivity contribution >= 4 is 11.6 Å². The number of anilines is 1. The van der Waals surface area contributed by atoms with Crippen LogP contribution in [0.25, 0.3) is 0 Å². The molecule has 0 aliphatic carbocycles. The van der Waals surface area contributed by atoms with Crippen LogP contribution in [-0.2, 0) is 4.79 Å². The molecule has 1 amide bonds. The van der Waals surface area contributed by atoms with Crippen molar-refractivity contribution in [1.29, 1.82) is 0 Å². The van der Waals surface area contributed by atoms with Crippen LogP contribution in [0.5, 0.6) is 0 Å². The lowest BCUT2D eigenvalue weighted by atomic mass is 9.96. The summed E-state index contributed by atoms with van der Waals surface area (Å²) in [5, 5.41) is 12.5. The Kier molecular flexibility index (Phi) is 4.95. The van der Waals surface area contributed by atoms with Crippen LogP contribution >= 0.6 is 0 Å². The number of rotatable bonds is 4. The fourth-order valence-electron chi connectivity index (χ4n) is 2.59. The Labute approximate surface area is 120 Å². The van der Waals surface area contributed by atoms with Crippen molar-refractivity contribution in [3.8, 4) is 0 Å². The molecule has 1 fully saturated rings. The lowest BCUT2D eigenvalue weighted by Crippen LogP contribution is -2.39. The third kappa shape index (κ3) is 3.28. The number of hydrogen-bond acceptors (Lipinski definition) is 4. The fourth-order valence-corrected chi connectivity index (χ4v) is 2.59. The minimum atomic E-state index is -0.483. The van der Waals surface area contributed by atoms with Crippen molar-refractivity contribution in [3.63, 3.8) is 0 Å². The van der Waals surface area contributed by atoms with E-state index in [9.17, 15) is 9.90 Å². The number of pyridine rings is 1. The predicted octanol–water partition coefficient (Wildman–Crippen LogP) is 1.49. The van der Waals surface area contributed by atoms with Crippen LogP contribution < -0.4 is 10.2 Å². The van der Waals surface area contributed by atoms with Gasteiger partial charge in [-0.2, -0.15) is 0 Å². The smallest absolute Gasteiger partial charge is 0.222 e. The Hall–Kier alpha value is -1.62. The molecule has 0 unspecified atom stereocenters. The molecule has 1 saturated heterocycles. The van der Waals surface area contributed by atoms with Gasteiger partial charge < -0.3 is 15.3 Å². The van der Waals surface area contributed by atoms with Gasteiger partial charge in [-0.05, 0) is 31.4 Å². The average molecular weight is 277 g/mol. The molecular weight excluding hydrogens is 254 g/mol. The topological polar surface area (TPSA) is 65.5 Å². The molecular formula is C15H23N3O2. The van der Waals surface area contributed by atoms with Gasteiger partial charge in [0.2, 0.25) is 5.91 Å². The first-order chi connectivity index (χ1) is 9.65. The van der Waals surface area contributed by atoms with E-state index < -0.39 is 6.10 Å². The maximum absolute atomic E-state index is 11.6. The summed E-state index contributed by atoms with van der Waals surface area (Å²) < 4.78 is 0. The van der Waals surface area contributed by atoms with Crippen molar-refractivity contribution in [2.45, 2.75) is 32.3 Å². The van der Waals surface area contributed by atoms with Crippen molar-refractivity contribution < 1.29 is 9.90 Å². The highest BCUT2D eigenvalue weighted by atomic mass is 16.3. The van der Waals surface area contributed by atoms with Gasteiger partial charge in [-0.3, -0.25) is 9.78 Å². The molecule has 1 aliphatic heterocycles. The number of aliphatic hydroxyl groups is 1. The van der Waals surface area contributed by atoms with Gasteiger partial charge in [0.15, 0.2) is 0 Å². The molecule has 2 rings (SSSR count). The maximum atomic E-state index is 11.6. The van der Waals surface area contributed by atoms with Gasteiger partial charge in [0.05, 0.1) is 23.7 Å². The van der Waals surface area contributed by atoms with E-state index in [0.29, 0.717) is 6.42 Å². The SMILES string of the molecule is CC[C@H](O)c1ccc(N2CCC(C(=O)NC)CC2)cn1. The molecule has 5 nitrogen and oxygen atoms in total. The van der Waals surface area contributed by atoms with E-state index in [0.717, 1.165) is 37.3 Å². The first kappa shape index (κ1) is 14.8. The second-order valence-corrected chi connectivity index (χ2v) is 5.24.